The van der Waals surface area contributed by atoms with Gasteiger partial charge in [-0.3, -0.25) is 9.59 Å². The number of nitrogens with zero attached hydrogens (tertiary/aromatic N) is 1. The second-order valence-corrected chi connectivity index (χ2v) is 8.11. The molecule has 1 saturated heterocycles. The van der Waals surface area contributed by atoms with Gasteiger partial charge < -0.3 is 16.0 Å². The molecule has 3 atom stereocenters. The first-order chi connectivity index (χ1) is 13.7. The van der Waals surface area contributed by atoms with Gasteiger partial charge in [-0.05, 0) is 61.4 Å². The lowest BCUT2D eigenvalue weighted by molar-refractivity contribution is -0.121. The molecular formula is C21H22Cl2FN3O2. The Bertz CT molecular complexity index is 954. The minimum atomic E-state index is -1.25. The summed E-state index contributed by atoms with van der Waals surface area (Å²) in [6.45, 7) is 3.69. The number of nitrogens with one attached hydrogen (secondary N) is 1. The molecule has 2 aromatic carbocycles. The van der Waals surface area contributed by atoms with E-state index in [9.17, 15) is 14.0 Å². The summed E-state index contributed by atoms with van der Waals surface area (Å²) in [5.74, 6) is -1.10. The van der Waals surface area contributed by atoms with Crippen LogP contribution < -0.4 is 11.1 Å². The van der Waals surface area contributed by atoms with Gasteiger partial charge in [0.2, 0.25) is 5.91 Å². The minimum absolute atomic E-state index is 0.0579. The van der Waals surface area contributed by atoms with Crippen molar-refractivity contribution in [2.45, 2.75) is 38.5 Å². The highest BCUT2D eigenvalue weighted by atomic mass is 35.5. The zero-order chi connectivity index (χ0) is 21.3. The van der Waals surface area contributed by atoms with E-state index in [1.807, 2.05) is 13.8 Å². The molecule has 29 heavy (non-hydrogen) atoms. The fourth-order valence-corrected chi connectivity index (χ4v) is 4.02. The van der Waals surface area contributed by atoms with Crippen LogP contribution in [0.5, 0.6) is 0 Å². The van der Waals surface area contributed by atoms with Gasteiger partial charge in [0.1, 0.15) is 12.2 Å². The number of halogens is 3. The van der Waals surface area contributed by atoms with E-state index < -0.39 is 24.0 Å². The van der Waals surface area contributed by atoms with E-state index in [1.54, 1.807) is 36.4 Å². The molecule has 1 aliphatic rings. The number of alkyl halides is 1. The second-order valence-electron chi connectivity index (χ2n) is 7.27. The molecule has 3 rings (SSSR count). The maximum Gasteiger partial charge on any atom is 0.254 e. The molecule has 1 aliphatic heterocycles. The average molecular weight is 438 g/mol. The molecule has 0 spiro atoms. The predicted octanol–water partition coefficient (Wildman–Crippen LogP) is 4.51. The summed E-state index contributed by atoms with van der Waals surface area (Å²) in [6.07, 6.45) is -1.31. The Kier molecular flexibility index (Phi) is 6.34. The first-order valence-electron chi connectivity index (χ1n) is 9.24. The van der Waals surface area contributed by atoms with Crippen LogP contribution in [0.4, 0.5) is 10.1 Å². The highest BCUT2D eigenvalue weighted by Gasteiger charge is 2.39. The van der Waals surface area contributed by atoms with Crippen LogP contribution in [0, 0.1) is 6.92 Å². The van der Waals surface area contributed by atoms with Gasteiger partial charge in [-0.2, -0.15) is 0 Å². The summed E-state index contributed by atoms with van der Waals surface area (Å²) >= 11 is 12.3. The van der Waals surface area contributed by atoms with Crippen molar-refractivity contribution < 1.29 is 14.0 Å². The van der Waals surface area contributed by atoms with Crippen molar-refractivity contribution in [1.82, 2.24) is 4.90 Å². The number of likely N-dealkylation sites (tertiary alicyclic amines) is 1. The molecule has 3 N–H and O–H groups in total. The van der Waals surface area contributed by atoms with E-state index in [-0.39, 0.29) is 19.0 Å². The van der Waals surface area contributed by atoms with Crippen molar-refractivity contribution in [1.29, 1.82) is 0 Å². The molecular weight excluding hydrogens is 416 g/mol. The van der Waals surface area contributed by atoms with Crippen LogP contribution >= 0.6 is 23.2 Å². The molecule has 0 saturated carbocycles. The molecule has 154 valence electrons. The third kappa shape index (κ3) is 4.65. The third-order valence-electron chi connectivity index (χ3n) is 5.11. The summed E-state index contributed by atoms with van der Waals surface area (Å²) < 4.78 is 13.7. The number of rotatable bonds is 5. The normalized spacial score (nSPS) is 19.8. The number of hydrogen-bond acceptors (Lipinski definition) is 3. The summed E-state index contributed by atoms with van der Waals surface area (Å²) in [4.78, 5) is 25.6. The summed E-state index contributed by atoms with van der Waals surface area (Å²) in [6, 6.07) is 9.38. The third-order valence-corrected chi connectivity index (χ3v) is 5.69. The summed E-state index contributed by atoms with van der Waals surface area (Å²) in [5, 5.41) is 4.56. The van der Waals surface area contributed by atoms with Crippen LogP contribution in [-0.2, 0) is 4.79 Å². The molecule has 0 aliphatic carbocycles. The summed E-state index contributed by atoms with van der Waals surface area (Å²) in [5.41, 5.74) is 8.20. The molecule has 2 amide bonds. The molecule has 2 aromatic rings. The molecule has 5 nitrogen and oxygen atoms in total. The topological polar surface area (TPSA) is 75.4 Å². The fourth-order valence-electron chi connectivity index (χ4n) is 3.56. The Balaban J connectivity index is 1.79. The number of primary amides is 1. The summed E-state index contributed by atoms with van der Waals surface area (Å²) in [7, 11) is 0. The highest BCUT2D eigenvalue weighted by Crippen LogP contribution is 2.30. The maximum atomic E-state index is 13.7. The number of nitrogens with two attached hydrogens (primary N) is 1. The van der Waals surface area contributed by atoms with Gasteiger partial charge in [-0.1, -0.05) is 23.2 Å². The van der Waals surface area contributed by atoms with E-state index in [0.29, 0.717) is 15.6 Å². The fraction of sp³-hybridized carbons (Fsp3) is 0.333. The Morgan fingerprint density at radius 1 is 1.24 bits per heavy atom. The standard InChI is InChI=1S/C21H22Cl2FN3O2/c1-11-7-13(21(29)27-10-15(24)9-19(27)20(25)28)3-6-18(11)26-12(2)16-8-14(22)4-5-17(16)23/h3-8,12,15,19,26H,9-10H2,1-2H3,(H2,25,28)/t12?,15-,19+/m0/s1. The predicted molar refractivity (Wildman–Crippen MR) is 113 cm³/mol. The van der Waals surface area contributed by atoms with Crippen molar-refractivity contribution in [3.63, 3.8) is 0 Å². The number of amides is 2. The monoisotopic (exact) mass is 437 g/mol. The Morgan fingerprint density at radius 2 is 1.97 bits per heavy atom. The van der Waals surface area contributed by atoms with Crippen LogP contribution in [0.1, 0.15) is 40.9 Å². The van der Waals surface area contributed by atoms with Crippen LogP contribution in [-0.4, -0.2) is 35.5 Å². The highest BCUT2D eigenvalue weighted by molar-refractivity contribution is 6.33. The van der Waals surface area contributed by atoms with Gasteiger partial charge in [0.15, 0.2) is 0 Å². The van der Waals surface area contributed by atoms with Gasteiger partial charge in [0.05, 0.1) is 12.6 Å². The molecule has 8 heteroatoms. The van der Waals surface area contributed by atoms with Crippen molar-refractivity contribution >= 4 is 40.7 Å². The first-order valence-corrected chi connectivity index (χ1v) is 9.99. The van der Waals surface area contributed by atoms with Gasteiger partial charge >= 0.3 is 0 Å². The second kappa shape index (κ2) is 8.59. The maximum absolute atomic E-state index is 13.7. The van der Waals surface area contributed by atoms with E-state index >= 15 is 0 Å². The van der Waals surface area contributed by atoms with E-state index in [0.717, 1.165) is 16.8 Å². The minimum Gasteiger partial charge on any atom is -0.378 e. The molecule has 1 heterocycles. The number of hydrogen-bond donors (Lipinski definition) is 2. The van der Waals surface area contributed by atoms with Crippen molar-refractivity contribution in [3.05, 3.63) is 63.1 Å². The molecule has 1 fully saturated rings. The molecule has 0 radical (unpaired) electrons. The number of carbonyl (C=O) groups is 2. The Hall–Kier alpha value is -2.31. The van der Waals surface area contributed by atoms with E-state index in [1.165, 1.54) is 4.90 Å². The zero-order valence-electron chi connectivity index (χ0n) is 16.1. The van der Waals surface area contributed by atoms with E-state index in [4.69, 9.17) is 28.9 Å². The quantitative estimate of drug-likeness (QED) is 0.721. The molecule has 0 aromatic heterocycles. The molecule has 0 bridgehead atoms. The van der Waals surface area contributed by atoms with Crippen molar-refractivity contribution in [2.75, 3.05) is 11.9 Å². The SMILES string of the molecule is Cc1cc(C(=O)N2C[C@@H](F)C[C@@H]2C(N)=O)ccc1NC(C)c1cc(Cl)ccc1Cl. The van der Waals surface area contributed by atoms with Gasteiger partial charge in [-0.15, -0.1) is 0 Å². The number of carbonyl (C=O) groups excluding carboxylic acids is 2. The zero-order valence-corrected chi connectivity index (χ0v) is 17.6. The molecule has 1 unspecified atom stereocenters. The van der Waals surface area contributed by atoms with Crippen molar-refractivity contribution in [3.8, 4) is 0 Å². The van der Waals surface area contributed by atoms with Crippen LogP contribution in [0.25, 0.3) is 0 Å². The van der Waals surface area contributed by atoms with Crippen LogP contribution in [0.15, 0.2) is 36.4 Å². The van der Waals surface area contributed by atoms with Gasteiger partial charge in [-0.25, -0.2) is 4.39 Å². The Labute approximate surface area is 179 Å². The van der Waals surface area contributed by atoms with Crippen LogP contribution in [0.2, 0.25) is 10.0 Å². The van der Waals surface area contributed by atoms with Crippen molar-refractivity contribution in [2.24, 2.45) is 5.73 Å². The number of benzene rings is 2. The number of aryl methyl sites for hydroxylation is 1. The van der Waals surface area contributed by atoms with Crippen LogP contribution in [0.3, 0.4) is 0 Å². The largest absolute Gasteiger partial charge is 0.378 e. The number of anilines is 1. The van der Waals surface area contributed by atoms with Gasteiger partial charge in [0.25, 0.3) is 5.91 Å². The lowest BCUT2D eigenvalue weighted by atomic mass is 10.0. The van der Waals surface area contributed by atoms with E-state index in [2.05, 4.69) is 5.32 Å². The Morgan fingerprint density at radius 3 is 2.62 bits per heavy atom. The smallest absolute Gasteiger partial charge is 0.254 e. The average Bonchev–Trinajstić information content (AvgIpc) is 3.06. The lowest BCUT2D eigenvalue weighted by Crippen LogP contribution is -2.43. The van der Waals surface area contributed by atoms with Gasteiger partial charge in [0, 0.05) is 27.7 Å². The lowest BCUT2D eigenvalue weighted by Gasteiger charge is -2.23. The first kappa shape index (κ1) is 21.4.